The molecular weight excluding hydrogens is 354 g/mol. The zero-order valence-electron chi connectivity index (χ0n) is 13.8. The van der Waals surface area contributed by atoms with Gasteiger partial charge in [-0.1, -0.05) is 0 Å². The number of benzene rings is 1. The van der Waals surface area contributed by atoms with Gasteiger partial charge < -0.3 is 4.55 Å². The van der Waals surface area contributed by atoms with Crippen LogP contribution in [-0.2, 0) is 24.0 Å². The topological polar surface area (TPSA) is 70.8 Å². The molecule has 0 bridgehead atoms. The van der Waals surface area contributed by atoms with Crippen LogP contribution >= 0.6 is 12.6 Å². The molecule has 0 aliphatic heterocycles. The summed E-state index contributed by atoms with van der Waals surface area (Å²) in [6, 6.07) is 10.8. The van der Waals surface area contributed by atoms with E-state index in [4.69, 9.17) is 0 Å². The Labute approximate surface area is 154 Å². The third-order valence-electron chi connectivity index (χ3n) is 3.95. The highest BCUT2D eigenvalue weighted by Gasteiger charge is 2.18. The average molecular weight is 371 g/mol. The van der Waals surface area contributed by atoms with Crippen molar-refractivity contribution in [2.45, 2.75) is 10.6 Å². The smallest absolute Gasteiger partial charge is 0.261 e. The number of rotatable bonds is 4. The lowest BCUT2D eigenvalue weighted by Gasteiger charge is -2.14. The fraction of sp³-hybridized carbons (Fsp3) is 0.167. The van der Waals surface area contributed by atoms with Gasteiger partial charge >= 0.3 is 0 Å². The molecule has 0 radical (unpaired) electrons. The van der Waals surface area contributed by atoms with Crippen molar-refractivity contribution in [3.63, 3.8) is 0 Å². The molecule has 0 N–H and O–H groups in total. The normalized spacial score (nSPS) is 12.2. The zero-order chi connectivity index (χ0) is 18.0. The molecule has 2 heterocycles. The minimum Gasteiger partial charge on any atom is -0.612 e. The fourth-order valence-corrected chi connectivity index (χ4v) is 3.38. The van der Waals surface area contributed by atoms with E-state index in [0.717, 1.165) is 11.1 Å². The highest BCUT2D eigenvalue weighted by atomic mass is 32.2. The summed E-state index contributed by atoms with van der Waals surface area (Å²) in [5, 5.41) is 0. The summed E-state index contributed by atoms with van der Waals surface area (Å²) < 4.78 is 13.1. The number of aromatic nitrogens is 3. The summed E-state index contributed by atoms with van der Waals surface area (Å²) in [4.78, 5) is 22.4. The molecule has 1 atom stereocenters. The lowest BCUT2D eigenvalue weighted by atomic mass is 10.0. The predicted octanol–water partition coefficient (Wildman–Crippen LogP) is 2.68. The lowest BCUT2D eigenvalue weighted by molar-refractivity contribution is 0.601. The van der Waals surface area contributed by atoms with Crippen molar-refractivity contribution in [1.29, 1.82) is 0 Å². The van der Waals surface area contributed by atoms with Crippen LogP contribution in [0.5, 0.6) is 0 Å². The van der Waals surface area contributed by atoms with Crippen molar-refractivity contribution in [2.75, 3.05) is 6.26 Å². The first-order chi connectivity index (χ1) is 12.0. The summed E-state index contributed by atoms with van der Waals surface area (Å²) in [5.41, 5.74) is 2.51. The van der Waals surface area contributed by atoms with Gasteiger partial charge in [-0.3, -0.25) is 14.3 Å². The summed E-state index contributed by atoms with van der Waals surface area (Å²) >= 11 is 3.21. The predicted molar refractivity (Wildman–Crippen MR) is 103 cm³/mol. The first-order valence-electron chi connectivity index (χ1n) is 7.58. The molecule has 0 saturated heterocycles. The SMILES string of the molecule is Cn1c(CS)nc(-c2ccncc2)c(-c2ccc([S+](C)[O-])cc2)c1=O. The van der Waals surface area contributed by atoms with Crippen LogP contribution in [0.2, 0.25) is 0 Å². The lowest BCUT2D eigenvalue weighted by Crippen LogP contribution is -2.24. The fourth-order valence-electron chi connectivity index (χ4n) is 2.58. The Balaban J connectivity index is 2.27. The Morgan fingerprint density at radius 1 is 1.12 bits per heavy atom. The van der Waals surface area contributed by atoms with Crippen LogP contribution in [0.15, 0.2) is 58.5 Å². The molecule has 5 nitrogen and oxygen atoms in total. The van der Waals surface area contributed by atoms with Crippen LogP contribution in [0.3, 0.4) is 0 Å². The van der Waals surface area contributed by atoms with Crippen LogP contribution in [0, 0.1) is 0 Å². The van der Waals surface area contributed by atoms with Crippen molar-refractivity contribution in [1.82, 2.24) is 14.5 Å². The molecule has 7 heteroatoms. The number of pyridine rings is 1. The second-order valence-electron chi connectivity index (χ2n) is 5.49. The second kappa shape index (κ2) is 7.43. The third-order valence-corrected chi connectivity index (χ3v) is 5.17. The van der Waals surface area contributed by atoms with E-state index in [1.54, 1.807) is 50.0 Å². The van der Waals surface area contributed by atoms with Gasteiger partial charge in [-0.05, 0) is 53.1 Å². The van der Waals surface area contributed by atoms with Gasteiger partial charge in [0.1, 0.15) is 12.1 Å². The summed E-state index contributed by atoms with van der Waals surface area (Å²) in [6.45, 7) is 0. The molecule has 0 saturated carbocycles. The molecule has 1 unspecified atom stereocenters. The van der Waals surface area contributed by atoms with Gasteiger partial charge in [0.25, 0.3) is 5.56 Å². The van der Waals surface area contributed by atoms with E-state index in [9.17, 15) is 9.35 Å². The monoisotopic (exact) mass is 371 g/mol. The second-order valence-corrected chi connectivity index (χ2v) is 7.18. The van der Waals surface area contributed by atoms with E-state index in [1.807, 2.05) is 12.1 Å². The van der Waals surface area contributed by atoms with E-state index < -0.39 is 11.2 Å². The Morgan fingerprint density at radius 3 is 2.32 bits per heavy atom. The van der Waals surface area contributed by atoms with Gasteiger partial charge in [0.2, 0.25) is 0 Å². The molecule has 25 heavy (non-hydrogen) atoms. The number of thiol groups is 1. The van der Waals surface area contributed by atoms with Gasteiger partial charge in [-0.2, -0.15) is 12.6 Å². The number of nitrogens with zero attached hydrogens (tertiary/aromatic N) is 3. The summed E-state index contributed by atoms with van der Waals surface area (Å²) in [7, 11) is 1.69. The number of hydrogen-bond donors (Lipinski definition) is 1. The van der Waals surface area contributed by atoms with Crippen molar-refractivity contribution < 1.29 is 4.55 Å². The first kappa shape index (κ1) is 17.7. The van der Waals surface area contributed by atoms with Gasteiger partial charge in [-0.15, -0.1) is 0 Å². The number of hydrogen-bond acceptors (Lipinski definition) is 5. The van der Waals surface area contributed by atoms with E-state index in [1.165, 1.54) is 4.57 Å². The Bertz CT molecular complexity index is 939. The molecule has 3 aromatic rings. The maximum Gasteiger partial charge on any atom is 0.261 e. The van der Waals surface area contributed by atoms with Gasteiger partial charge in [-0.25, -0.2) is 4.98 Å². The minimum atomic E-state index is -1.07. The van der Waals surface area contributed by atoms with Crippen LogP contribution < -0.4 is 5.56 Å². The van der Waals surface area contributed by atoms with Gasteiger partial charge in [0, 0.05) is 30.8 Å². The minimum absolute atomic E-state index is 0.142. The average Bonchev–Trinajstić information content (AvgIpc) is 2.64. The first-order valence-corrected chi connectivity index (χ1v) is 9.77. The van der Waals surface area contributed by atoms with Crippen LogP contribution in [-0.4, -0.2) is 25.3 Å². The van der Waals surface area contributed by atoms with Gasteiger partial charge in [0.15, 0.2) is 4.90 Å². The van der Waals surface area contributed by atoms with Crippen molar-refractivity contribution in [3.8, 4) is 22.4 Å². The summed E-state index contributed by atoms with van der Waals surface area (Å²) in [5.74, 6) is 0.952. The largest absolute Gasteiger partial charge is 0.612 e. The maximum atomic E-state index is 13.0. The quantitative estimate of drug-likeness (QED) is 0.565. The standard InChI is InChI=1S/C18H17N3O2S2/c1-21-15(11-24)20-17(13-7-9-19-10-8-13)16(18(21)22)12-3-5-14(6-4-12)25(2)23/h3-10,24H,11H2,1-2H3. The third kappa shape index (κ3) is 3.49. The van der Waals surface area contributed by atoms with Crippen LogP contribution in [0.25, 0.3) is 22.4 Å². The van der Waals surface area contributed by atoms with E-state index in [2.05, 4.69) is 22.6 Å². The molecule has 0 spiro atoms. The highest BCUT2D eigenvalue weighted by molar-refractivity contribution is 7.90. The zero-order valence-corrected chi connectivity index (χ0v) is 15.6. The molecule has 0 amide bonds. The van der Waals surface area contributed by atoms with E-state index in [0.29, 0.717) is 27.7 Å². The van der Waals surface area contributed by atoms with Crippen molar-refractivity contribution in [3.05, 3.63) is 65.0 Å². The molecule has 128 valence electrons. The highest BCUT2D eigenvalue weighted by Crippen LogP contribution is 2.28. The molecule has 2 aromatic heterocycles. The molecule has 0 aliphatic rings. The van der Waals surface area contributed by atoms with Crippen LogP contribution in [0.1, 0.15) is 5.82 Å². The summed E-state index contributed by atoms with van der Waals surface area (Å²) in [6.07, 6.45) is 4.96. The maximum absolute atomic E-state index is 13.0. The molecule has 0 fully saturated rings. The molecular formula is C18H17N3O2S2. The van der Waals surface area contributed by atoms with Crippen molar-refractivity contribution >= 4 is 23.8 Å². The molecule has 1 aromatic carbocycles. The van der Waals surface area contributed by atoms with Gasteiger partial charge in [0.05, 0.1) is 11.3 Å². The van der Waals surface area contributed by atoms with E-state index >= 15 is 0 Å². The Morgan fingerprint density at radius 2 is 1.76 bits per heavy atom. The van der Waals surface area contributed by atoms with Crippen LogP contribution in [0.4, 0.5) is 0 Å². The molecule has 0 aliphatic carbocycles. The Hall–Kier alpha value is -2.09. The van der Waals surface area contributed by atoms with Crippen molar-refractivity contribution in [2.24, 2.45) is 7.05 Å². The molecule has 3 rings (SSSR count). The van der Waals surface area contributed by atoms with E-state index in [-0.39, 0.29) is 5.56 Å². The Kier molecular flexibility index (Phi) is 5.27.